The molecule has 0 spiro atoms. The lowest BCUT2D eigenvalue weighted by molar-refractivity contribution is 0.0916. The Morgan fingerprint density at radius 3 is 2.27 bits per heavy atom. The van der Waals surface area contributed by atoms with Gasteiger partial charge in [-0.3, -0.25) is 4.79 Å². The number of primary sulfonamides is 1. The number of carbonyl (C=O) groups excluding carboxylic acids is 1. The van der Waals surface area contributed by atoms with E-state index in [2.05, 4.69) is 5.32 Å². The van der Waals surface area contributed by atoms with Crippen molar-refractivity contribution in [3.05, 3.63) is 70.9 Å². The van der Waals surface area contributed by atoms with E-state index in [1.807, 2.05) is 29.7 Å². The first-order valence-electron chi connectivity index (χ1n) is 9.66. The highest BCUT2D eigenvalue weighted by molar-refractivity contribution is 7.89. The first-order valence-corrected chi connectivity index (χ1v) is 11.6. The molecule has 1 fully saturated rings. The van der Waals surface area contributed by atoms with Crippen LogP contribution in [0.15, 0.2) is 59.5 Å². The van der Waals surface area contributed by atoms with E-state index in [4.69, 9.17) is 16.7 Å². The van der Waals surface area contributed by atoms with Gasteiger partial charge in [0, 0.05) is 22.4 Å². The van der Waals surface area contributed by atoms with Crippen LogP contribution in [0.5, 0.6) is 0 Å². The maximum atomic E-state index is 12.9. The molecule has 1 heterocycles. The third-order valence-electron chi connectivity index (χ3n) is 5.50. The van der Waals surface area contributed by atoms with Crippen molar-refractivity contribution >= 4 is 27.5 Å². The van der Waals surface area contributed by atoms with Gasteiger partial charge in [0.1, 0.15) is 0 Å². The number of carbonyl (C=O) groups is 1. The molecule has 0 bridgehead atoms. The summed E-state index contributed by atoms with van der Waals surface area (Å²) in [6.07, 6.45) is 3.15. The predicted octanol–water partition coefficient (Wildman–Crippen LogP) is 4.04. The summed E-state index contributed by atoms with van der Waals surface area (Å²) in [5, 5.41) is 8.92. The highest BCUT2D eigenvalue weighted by Gasteiger charge is 2.24. The lowest BCUT2D eigenvalue weighted by Gasteiger charge is -2.26. The molecule has 0 aliphatic heterocycles. The summed E-state index contributed by atoms with van der Waals surface area (Å²) in [6.45, 7) is 1.88. The number of hydrogen-bond donors (Lipinski definition) is 2. The van der Waals surface area contributed by atoms with Crippen molar-refractivity contribution in [1.29, 1.82) is 0 Å². The standard InChI is InChI=1S/C22H22ClN3O3S/c1-14-20(22(27)25-17-3-2-4-17)13-21(15-5-7-16(23)8-6-15)26(14)18-9-11-19(12-10-18)30(24,28)29/h5-13,17H,2-4H2,1H3,(H,25,27)(H2,24,28,29). The van der Waals surface area contributed by atoms with Crippen molar-refractivity contribution in [2.45, 2.75) is 37.1 Å². The van der Waals surface area contributed by atoms with Gasteiger partial charge in [-0.05, 0) is 74.2 Å². The van der Waals surface area contributed by atoms with Gasteiger partial charge < -0.3 is 9.88 Å². The number of aromatic nitrogens is 1. The zero-order chi connectivity index (χ0) is 21.5. The molecule has 4 rings (SSSR count). The first kappa shape index (κ1) is 20.7. The van der Waals surface area contributed by atoms with Gasteiger partial charge in [-0.15, -0.1) is 0 Å². The molecule has 0 radical (unpaired) electrons. The number of halogens is 1. The van der Waals surface area contributed by atoms with Crippen molar-refractivity contribution in [1.82, 2.24) is 9.88 Å². The van der Waals surface area contributed by atoms with Gasteiger partial charge in [-0.2, -0.15) is 0 Å². The van der Waals surface area contributed by atoms with Gasteiger partial charge >= 0.3 is 0 Å². The molecule has 3 aromatic rings. The molecule has 0 unspecified atom stereocenters. The van der Waals surface area contributed by atoms with E-state index in [0.717, 1.165) is 41.9 Å². The zero-order valence-corrected chi connectivity index (χ0v) is 18.0. The van der Waals surface area contributed by atoms with Gasteiger partial charge in [0.25, 0.3) is 5.91 Å². The second-order valence-electron chi connectivity index (χ2n) is 7.51. The summed E-state index contributed by atoms with van der Waals surface area (Å²) < 4.78 is 25.1. The maximum absolute atomic E-state index is 12.9. The number of benzene rings is 2. The molecular weight excluding hydrogens is 422 g/mol. The molecule has 2 aromatic carbocycles. The van der Waals surface area contributed by atoms with E-state index in [0.29, 0.717) is 10.6 Å². The maximum Gasteiger partial charge on any atom is 0.253 e. The van der Waals surface area contributed by atoms with Crippen molar-refractivity contribution in [3.63, 3.8) is 0 Å². The Morgan fingerprint density at radius 2 is 1.73 bits per heavy atom. The molecule has 0 saturated heterocycles. The Kier molecular flexibility index (Phi) is 5.44. The van der Waals surface area contributed by atoms with Gasteiger partial charge in [-0.25, -0.2) is 13.6 Å². The van der Waals surface area contributed by atoms with Crippen LogP contribution in [0.25, 0.3) is 16.9 Å². The topological polar surface area (TPSA) is 94.2 Å². The monoisotopic (exact) mass is 443 g/mol. The number of nitrogens with two attached hydrogens (primary N) is 1. The third kappa shape index (κ3) is 4.01. The summed E-state index contributed by atoms with van der Waals surface area (Å²) in [4.78, 5) is 12.9. The molecular formula is C22H22ClN3O3S. The van der Waals surface area contributed by atoms with E-state index in [1.54, 1.807) is 24.3 Å². The quantitative estimate of drug-likeness (QED) is 0.623. The van der Waals surface area contributed by atoms with Crippen LogP contribution in [-0.4, -0.2) is 24.9 Å². The largest absolute Gasteiger partial charge is 0.349 e. The summed E-state index contributed by atoms with van der Waals surface area (Å²) in [6, 6.07) is 15.7. The van der Waals surface area contributed by atoms with E-state index in [9.17, 15) is 13.2 Å². The minimum absolute atomic E-state index is 0.0343. The number of amides is 1. The summed E-state index contributed by atoms with van der Waals surface area (Å²) in [7, 11) is -3.79. The smallest absolute Gasteiger partial charge is 0.253 e. The number of sulfonamides is 1. The Labute approximate surface area is 180 Å². The molecule has 1 aromatic heterocycles. The lowest BCUT2D eigenvalue weighted by atomic mass is 9.93. The Balaban J connectivity index is 1.82. The van der Waals surface area contributed by atoms with Crippen molar-refractivity contribution in [2.75, 3.05) is 0 Å². The predicted molar refractivity (Wildman–Crippen MR) is 117 cm³/mol. The van der Waals surface area contributed by atoms with Crippen LogP contribution in [0.3, 0.4) is 0 Å². The average molecular weight is 444 g/mol. The van der Waals surface area contributed by atoms with Crippen molar-refractivity contribution in [3.8, 4) is 16.9 Å². The van der Waals surface area contributed by atoms with Crippen LogP contribution >= 0.6 is 11.6 Å². The van der Waals surface area contributed by atoms with Gasteiger partial charge in [0.15, 0.2) is 0 Å². The van der Waals surface area contributed by atoms with E-state index < -0.39 is 10.0 Å². The van der Waals surface area contributed by atoms with Crippen molar-refractivity contribution in [2.24, 2.45) is 5.14 Å². The average Bonchev–Trinajstić information content (AvgIpc) is 3.02. The second kappa shape index (κ2) is 7.91. The fraction of sp³-hybridized carbons (Fsp3) is 0.227. The van der Waals surface area contributed by atoms with Crippen LogP contribution < -0.4 is 10.5 Å². The molecule has 156 valence electrons. The van der Waals surface area contributed by atoms with Crippen LogP contribution in [0, 0.1) is 6.92 Å². The minimum atomic E-state index is -3.79. The molecule has 30 heavy (non-hydrogen) atoms. The molecule has 3 N–H and O–H groups in total. The fourth-order valence-corrected chi connectivity index (χ4v) is 4.24. The lowest BCUT2D eigenvalue weighted by Crippen LogP contribution is -2.39. The highest BCUT2D eigenvalue weighted by Crippen LogP contribution is 2.31. The number of nitrogens with zero attached hydrogens (tertiary/aromatic N) is 1. The van der Waals surface area contributed by atoms with Crippen molar-refractivity contribution < 1.29 is 13.2 Å². The fourth-order valence-electron chi connectivity index (χ4n) is 3.60. The number of rotatable bonds is 5. The first-order chi connectivity index (χ1) is 14.2. The van der Waals surface area contributed by atoms with Crippen LogP contribution in [-0.2, 0) is 10.0 Å². The number of nitrogens with one attached hydrogen (secondary N) is 1. The Hall–Kier alpha value is -2.61. The Morgan fingerprint density at radius 1 is 1.10 bits per heavy atom. The van der Waals surface area contributed by atoms with Crippen LogP contribution in [0.2, 0.25) is 5.02 Å². The SMILES string of the molecule is Cc1c(C(=O)NC2CCC2)cc(-c2ccc(Cl)cc2)n1-c1ccc(S(N)(=O)=O)cc1. The molecule has 6 nitrogen and oxygen atoms in total. The minimum Gasteiger partial charge on any atom is -0.349 e. The van der Waals surface area contributed by atoms with Gasteiger partial charge in [0.05, 0.1) is 16.2 Å². The molecule has 1 saturated carbocycles. The number of hydrogen-bond acceptors (Lipinski definition) is 3. The van der Waals surface area contributed by atoms with E-state index in [-0.39, 0.29) is 16.8 Å². The molecule has 0 atom stereocenters. The van der Waals surface area contributed by atoms with E-state index in [1.165, 1.54) is 12.1 Å². The normalized spacial score (nSPS) is 14.4. The van der Waals surface area contributed by atoms with Crippen LogP contribution in [0.4, 0.5) is 0 Å². The molecule has 1 aliphatic rings. The van der Waals surface area contributed by atoms with Crippen LogP contribution in [0.1, 0.15) is 35.3 Å². The second-order valence-corrected chi connectivity index (χ2v) is 9.51. The molecule has 8 heteroatoms. The third-order valence-corrected chi connectivity index (χ3v) is 6.68. The molecule has 1 amide bonds. The zero-order valence-electron chi connectivity index (χ0n) is 16.4. The van der Waals surface area contributed by atoms with E-state index >= 15 is 0 Å². The summed E-state index contributed by atoms with van der Waals surface area (Å²) in [5.74, 6) is -0.104. The summed E-state index contributed by atoms with van der Waals surface area (Å²) >= 11 is 6.04. The Bertz CT molecular complexity index is 1200. The van der Waals surface area contributed by atoms with Gasteiger partial charge in [0.2, 0.25) is 10.0 Å². The highest BCUT2D eigenvalue weighted by atomic mass is 35.5. The summed E-state index contributed by atoms with van der Waals surface area (Å²) in [5.41, 5.74) is 3.78. The van der Waals surface area contributed by atoms with Gasteiger partial charge in [-0.1, -0.05) is 23.7 Å². The molecule has 1 aliphatic carbocycles.